The van der Waals surface area contributed by atoms with Crippen molar-refractivity contribution >= 4 is 22.6 Å². The predicted octanol–water partition coefficient (Wildman–Crippen LogP) is 0.543. The summed E-state index contributed by atoms with van der Waals surface area (Å²) in [5.41, 5.74) is 7.22. The number of benzene rings is 1. The van der Waals surface area contributed by atoms with Crippen molar-refractivity contribution in [2.45, 2.75) is 0 Å². The second-order valence-corrected chi connectivity index (χ2v) is 4.34. The summed E-state index contributed by atoms with van der Waals surface area (Å²) in [6.07, 6.45) is 1.74. The number of aromatic amines is 2. The Hall–Kier alpha value is -3.16. The molecular weight excluding hydrogens is 258 g/mol. The molecule has 0 saturated carbocycles. The predicted molar refractivity (Wildman–Crippen MR) is 73.1 cm³/mol. The number of fused-ring (bicyclic) bond motifs is 2. The Morgan fingerprint density at radius 3 is 2.95 bits per heavy atom. The van der Waals surface area contributed by atoms with Crippen LogP contribution in [0.25, 0.3) is 27.9 Å². The van der Waals surface area contributed by atoms with Gasteiger partial charge >= 0.3 is 0 Å². The van der Waals surface area contributed by atoms with E-state index in [2.05, 4.69) is 25.3 Å². The highest BCUT2D eigenvalue weighted by Crippen LogP contribution is 2.24. The Labute approximate surface area is 111 Å². The fourth-order valence-electron chi connectivity index (χ4n) is 2.22. The normalized spacial score (nSPS) is 11.4. The molecule has 0 aliphatic rings. The summed E-state index contributed by atoms with van der Waals surface area (Å²) in [7, 11) is 0. The molecule has 1 aromatic carbocycles. The SMILES string of the molecule is Nc1nnc2[nH]c(=O)c(-c3c[nH]c4ccccc34)nn12. The average molecular weight is 267 g/mol. The molecular formula is C12H9N7O. The lowest BCUT2D eigenvalue weighted by Gasteiger charge is -1.99. The molecule has 20 heavy (non-hydrogen) atoms. The van der Waals surface area contributed by atoms with Crippen LogP contribution in [-0.4, -0.2) is 29.8 Å². The fraction of sp³-hybridized carbons (Fsp3) is 0. The lowest BCUT2D eigenvalue weighted by Crippen LogP contribution is -2.15. The number of hydrogen-bond donors (Lipinski definition) is 3. The van der Waals surface area contributed by atoms with E-state index in [1.807, 2.05) is 24.3 Å². The van der Waals surface area contributed by atoms with Crippen LogP contribution in [0.2, 0.25) is 0 Å². The summed E-state index contributed by atoms with van der Waals surface area (Å²) in [4.78, 5) is 17.8. The highest BCUT2D eigenvalue weighted by atomic mass is 16.1. The minimum absolute atomic E-state index is 0.123. The van der Waals surface area contributed by atoms with Crippen LogP contribution in [0.4, 0.5) is 5.95 Å². The van der Waals surface area contributed by atoms with E-state index in [9.17, 15) is 4.79 Å². The van der Waals surface area contributed by atoms with Gasteiger partial charge < -0.3 is 10.7 Å². The van der Waals surface area contributed by atoms with E-state index in [4.69, 9.17) is 5.73 Å². The first-order valence-electron chi connectivity index (χ1n) is 5.92. The van der Waals surface area contributed by atoms with E-state index < -0.39 is 0 Å². The maximum Gasteiger partial charge on any atom is 0.279 e. The standard InChI is InChI=1S/C12H9N7O/c13-11-16-17-12-15-10(20)9(18-19(11)12)7-5-14-8-4-2-1-3-6(7)8/h1-5,14H,(H2,13,16)(H,15,17,20). The molecule has 98 valence electrons. The molecule has 0 saturated heterocycles. The molecule has 4 aromatic rings. The lowest BCUT2D eigenvalue weighted by atomic mass is 10.1. The summed E-state index contributed by atoms with van der Waals surface area (Å²) in [5, 5.41) is 12.5. The number of nitrogens with one attached hydrogen (secondary N) is 2. The molecule has 0 aliphatic carbocycles. The second kappa shape index (κ2) is 3.67. The minimum Gasteiger partial charge on any atom is -0.366 e. The summed E-state index contributed by atoms with van der Waals surface area (Å²) in [5.74, 6) is 0.341. The van der Waals surface area contributed by atoms with Crippen molar-refractivity contribution in [3.05, 3.63) is 40.8 Å². The van der Waals surface area contributed by atoms with Crippen LogP contribution >= 0.6 is 0 Å². The van der Waals surface area contributed by atoms with Crippen LogP contribution in [-0.2, 0) is 0 Å². The number of para-hydroxylation sites is 1. The number of H-pyrrole nitrogens is 2. The zero-order valence-corrected chi connectivity index (χ0v) is 10.2. The molecule has 0 radical (unpaired) electrons. The average Bonchev–Trinajstić information content (AvgIpc) is 3.03. The number of anilines is 1. The smallest absolute Gasteiger partial charge is 0.279 e. The molecule has 0 unspecified atom stereocenters. The second-order valence-electron chi connectivity index (χ2n) is 4.34. The molecule has 0 amide bonds. The Kier molecular flexibility index (Phi) is 1.97. The van der Waals surface area contributed by atoms with Crippen molar-refractivity contribution in [1.82, 2.24) is 29.8 Å². The van der Waals surface area contributed by atoms with Crippen molar-refractivity contribution in [3.63, 3.8) is 0 Å². The summed E-state index contributed by atoms with van der Waals surface area (Å²) >= 11 is 0. The molecule has 0 atom stereocenters. The molecule has 0 bridgehead atoms. The number of nitrogen functional groups attached to an aromatic ring is 1. The number of aromatic nitrogens is 6. The highest BCUT2D eigenvalue weighted by Gasteiger charge is 2.14. The van der Waals surface area contributed by atoms with E-state index in [0.717, 1.165) is 10.9 Å². The van der Waals surface area contributed by atoms with Gasteiger partial charge in [-0.15, -0.1) is 10.2 Å². The van der Waals surface area contributed by atoms with Crippen LogP contribution in [0.1, 0.15) is 0 Å². The van der Waals surface area contributed by atoms with E-state index in [1.165, 1.54) is 4.52 Å². The van der Waals surface area contributed by atoms with Gasteiger partial charge in [0.05, 0.1) is 0 Å². The van der Waals surface area contributed by atoms with Crippen molar-refractivity contribution in [2.75, 3.05) is 5.73 Å². The number of nitrogens with zero attached hydrogens (tertiary/aromatic N) is 4. The molecule has 0 aliphatic heterocycles. The third-order valence-corrected chi connectivity index (χ3v) is 3.15. The van der Waals surface area contributed by atoms with Crippen molar-refractivity contribution in [3.8, 4) is 11.3 Å². The van der Waals surface area contributed by atoms with Gasteiger partial charge in [-0.25, -0.2) is 0 Å². The topological polar surface area (TPSA) is 118 Å². The first-order chi connectivity index (χ1) is 9.74. The Morgan fingerprint density at radius 2 is 2.05 bits per heavy atom. The van der Waals surface area contributed by atoms with E-state index in [0.29, 0.717) is 5.56 Å². The third-order valence-electron chi connectivity index (χ3n) is 3.15. The summed E-state index contributed by atoms with van der Waals surface area (Å²) < 4.78 is 1.30. The van der Waals surface area contributed by atoms with Gasteiger partial charge in [-0.3, -0.25) is 9.78 Å². The monoisotopic (exact) mass is 267 g/mol. The quantitative estimate of drug-likeness (QED) is 0.465. The van der Waals surface area contributed by atoms with Crippen LogP contribution in [0.5, 0.6) is 0 Å². The lowest BCUT2D eigenvalue weighted by molar-refractivity contribution is 0.902. The molecule has 3 aromatic heterocycles. The van der Waals surface area contributed by atoms with Crippen molar-refractivity contribution in [1.29, 1.82) is 0 Å². The van der Waals surface area contributed by atoms with Crippen LogP contribution in [0.3, 0.4) is 0 Å². The van der Waals surface area contributed by atoms with Crippen LogP contribution in [0.15, 0.2) is 35.3 Å². The molecule has 4 rings (SSSR count). The van der Waals surface area contributed by atoms with Gasteiger partial charge in [-0.2, -0.15) is 9.61 Å². The fourth-order valence-corrected chi connectivity index (χ4v) is 2.22. The zero-order chi connectivity index (χ0) is 13.7. The first kappa shape index (κ1) is 10.7. The molecule has 0 fully saturated rings. The Bertz CT molecular complexity index is 994. The van der Waals surface area contributed by atoms with Crippen molar-refractivity contribution in [2.24, 2.45) is 0 Å². The van der Waals surface area contributed by atoms with Gasteiger partial charge in [0.2, 0.25) is 5.95 Å². The van der Waals surface area contributed by atoms with E-state index >= 15 is 0 Å². The molecule has 8 nitrogen and oxygen atoms in total. The van der Waals surface area contributed by atoms with Gasteiger partial charge in [-0.05, 0) is 6.07 Å². The minimum atomic E-state index is -0.338. The number of hydrogen-bond acceptors (Lipinski definition) is 5. The molecule has 8 heteroatoms. The third kappa shape index (κ3) is 1.35. The van der Waals surface area contributed by atoms with Gasteiger partial charge in [-0.1, -0.05) is 18.2 Å². The maximum absolute atomic E-state index is 12.1. The first-order valence-corrected chi connectivity index (χ1v) is 5.92. The summed E-state index contributed by atoms with van der Waals surface area (Å²) in [6, 6.07) is 7.67. The maximum atomic E-state index is 12.1. The van der Waals surface area contributed by atoms with Crippen LogP contribution < -0.4 is 11.3 Å². The van der Waals surface area contributed by atoms with E-state index in [-0.39, 0.29) is 23.0 Å². The summed E-state index contributed by atoms with van der Waals surface area (Å²) in [6.45, 7) is 0. The highest BCUT2D eigenvalue weighted by molar-refractivity contribution is 5.94. The van der Waals surface area contributed by atoms with E-state index in [1.54, 1.807) is 6.20 Å². The Balaban J connectivity index is 2.09. The van der Waals surface area contributed by atoms with Gasteiger partial charge in [0.25, 0.3) is 11.3 Å². The van der Waals surface area contributed by atoms with Crippen molar-refractivity contribution < 1.29 is 0 Å². The van der Waals surface area contributed by atoms with Gasteiger partial charge in [0, 0.05) is 22.7 Å². The molecule has 3 heterocycles. The Morgan fingerprint density at radius 1 is 1.20 bits per heavy atom. The molecule has 0 spiro atoms. The molecule has 4 N–H and O–H groups in total. The van der Waals surface area contributed by atoms with Gasteiger partial charge in [0.1, 0.15) is 0 Å². The zero-order valence-electron chi connectivity index (χ0n) is 10.2. The largest absolute Gasteiger partial charge is 0.366 e. The van der Waals surface area contributed by atoms with Crippen LogP contribution in [0, 0.1) is 0 Å². The van der Waals surface area contributed by atoms with Gasteiger partial charge in [0.15, 0.2) is 5.69 Å². The number of rotatable bonds is 1. The number of nitrogens with two attached hydrogens (primary N) is 1.